The second-order valence-corrected chi connectivity index (χ2v) is 6.49. The molecule has 0 atom stereocenters. The Morgan fingerprint density at radius 3 is 2.75 bits per heavy atom. The van der Waals surface area contributed by atoms with Crippen LogP contribution < -0.4 is 0 Å². The number of rotatable bonds is 5. The average molecular weight is 408 g/mol. The summed E-state index contributed by atoms with van der Waals surface area (Å²) in [4.78, 5) is 0. The predicted octanol–water partition coefficient (Wildman–Crippen LogP) is 5.58. The van der Waals surface area contributed by atoms with Gasteiger partial charge in [-0.25, -0.2) is 4.39 Å². The summed E-state index contributed by atoms with van der Waals surface area (Å²) in [5, 5.41) is 8.34. The van der Waals surface area contributed by atoms with Gasteiger partial charge in [-0.3, -0.25) is 0 Å². The maximum atomic E-state index is 13.0. The molecule has 0 saturated heterocycles. The molecular formula is C18H13BrClFN2O. The van der Waals surface area contributed by atoms with E-state index in [1.165, 1.54) is 17.7 Å². The third-order valence-electron chi connectivity index (χ3n) is 3.37. The second-order valence-electron chi connectivity index (χ2n) is 5.16. The average Bonchev–Trinajstić information content (AvgIpc) is 3.00. The van der Waals surface area contributed by atoms with E-state index in [0.29, 0.717) is 28.8 Å². The number of aromatic nitrogens is 2. The maximum absolute atomic E-state index is 13.0. The number of nitrogens with zero attached hydrogens (tertiary/aromatic N) is 2. The van der Waals surface area contributed by atoms with Crippen LogP contribution in [0.5, 0.6) is 0 Å². The fourth-order valence-electron chi connectivity index (χ4n) is 2.18. The van der Waals surface area contributed by atoms with Crippen LogP contribution in [0.4, 0.5) is 4.39 Å². The minimum atomic E-state index is -0.371. The van der Waals surface area contributed by atoms with Crippen molar-refractivity contribution in [2.24, 2.45) is 0 Å². The molecule has 3 aromatic rings. The molecule has 0 aliphatic carbocycles. The molecule has 0 fully saturated rings. The molecule has 0 aliphatic heterocycles. The van der Waals surface area contributed by atoms with Gasteiger partial charge in [-0.05, 0) is 47.9 Å². The lowest BCUT2D eigenvalue weighted by molar-refractivity contribution is 0.484. The van der Waals surface area contributed by atoms with Gasteiger partial charge < -0.3 is 4.42 Å². The Morgan fingerprint density at radius 1 is 1.08 bits per heavy atom. The third kappa shape index (κ3) is 4.52. The lowest BCUT2D eigenvalue weighted by Gasteiger charge is -1.99. The van der Waals surface area contributed by atoms with Crippen molar-refractivity contribution in [3.63, 3.8) is 0 Å². The quantitative estimate of drug-likeness (QED) is 0.554. The van der Waals surface area contributed by atoms with Crippen molar-refractivity contribution in [1.29, 1.82) is 0 Å². The van der Waals surface area contributed by atoms with Crippen LogP contribution in [0.25, 0.3) is 12.2 Å². The summed E-state index contributed by atoms with van der Waals surface area (Å²) >= 11 is 9.42. The van der Waals surface area contributed by atoms with Gasteiger partial charge >= 0.3 is 0 Å². The first-order valence-electron chi connectivity index (χ1n) is 7.30. The number of benzene rings is 2. The van der Waals surface area contributed by atoms with Gasteiger partial charge in [0.05, 0.1) is 5.02 Å². The van der Waals surface area contributed by atoms with Crippen molar-refractivity contribution in [3.8, 4) is 0 Å². The van der Waals surface area contributed by atoms with E-state index in [2.05, 4.69) is 38.3 Å². The summed E-state index contributed by atoms with van der Waals surface area (Å²) in [6.45, 7) is 0. The minimum absolute atomic E-state index is 0.334. The molecule has 1 heterocycles. The highest BCUT2D eigenvalue weighted by molar-refractivity contribution is 9.10. The van der Waals surface area contributed by atoms with Gasteiger partial charge in [0.2, 0.25) is 11.8 Å². The van der Waals surface area contributed by atoms with E-state index in [1.807, 2.05) is 12.1 Å². The largest absolute Gasteiger partial charge is 0.421 e. The molecule has 0 aliphatic rings. The van der Waals surface area contributed by atoms with Gasteiger partial charge in [0.15, 0.2) is 0 Å². The van der Waals surface area contributed by atoms with Crippen LogP contribution in [0.2, 0.25) is 5.02 Å². The first-order chi connectivity index (χ1) is 11.6. The van der Waals surface area contributed by atoms with Crippen LogP contribution in [0.15, 0.2) is 51.4 Å². The van der Waals surface area contributed by atoms with Gasteiger partial charge in [-0.2, -0.15) is 0 Å². The molecule has 24 heavy (non-hydrogen) atoms. The van der Waals surface area contributed by atoms with Crippen LogP contribution in [0.3, 0.4) is 0 Å². The van der Waals surface area contributed by atoms with Crippen molar-refractivity contribution < 1.29 is 8.81 Å². The Balaban J connectivity index is 1.64. The predicted molar refractivity (Wildman–Crippen MR) is 96.2 cm³/mol. The van der Waals surface area contributed by atoms with Crippen molar-refractivity contribution in [1.82, 2.24) is 10.2 Å². The molecule has 2 aromatic carbocycles. The van der Waals surface area contributed by atoms with Crippen molar-refractivity contribution in [3.05, 3.63) is 80.7 Å². The van der Waals surface area contributed by atoms with Crippen LogP contribution in [0, 0.1) is 5.82 Å². The summed E-state index contributed by atoms with van der Waals surface area (Å²) in [5.74, 6) is 0.587. The van der Waals surface area contributed by atoms with Crippen LogP contribution in [-0.4, -0.2) is 10.2 Å². The second kappa shape index (κ2) is 7.73. The Hall–Kier alpha value is -1.98. The molecule has 122 valence electrons. The smallest absolute Gasteiger partial charge is 0.240 e. The highest BCUT2D eigenvalue weighted by Gasteiger charge is 2.05. The monoisotopic (exact) mass is 406 g/mol. The Morgan fingerprint density at radius 2 is 1.96 bits per heavy atom. The van der Waals surface area contributed by atoms with Crippen molar-refractivity contribution >= 4 is 39.7 Å². The van der Waals surface area contributed by atoms with E-state index < -0.39 is 0 Å². The topological polar surface area (TPSA) is 38.9 Å². The van der Waals surface area contributed by atoms with Gasteiger partial charge in [-0.15, -0.1) is 10.2 Å². The highest BCUT2D eigenvalue weighted by atomic mass is 79.9. The lowest BCUT2D eigenvalue weighted by Crippen LogP contribution is -1.91. The van der Waals surface area contributed by atoms with E-state index in [1.54, 1.807) is 18.2 Å². The maximum Gasteiger partial charge on any atom is 0.240 e. The number of hydrogen-bond donors (Lipinski definition) is 0. The summed E-state index contributed by atoms with van der Waals surface area (Å²) in [5.41, 5.74) is 1.88. The standard InChI is InChI=1S/C18H13BrClFN2O/c19-14-3-1-2-12(10-14)4-8-17-22-23-18(24-17)9-6-13-5-7-15(21)11-16(13)20/h1-3,5-7,9-11H,4,8H2. The van der Waals surface area contributed by atoms with Crippen LogP contribution >= 0.6 is 27.5 Å². The van der Waals surface area contributed by atoms with E-state index in [0.717, 1.165) is 10.9 Å². The molecular weight excluding hydrogens is 395 g/mol. The van der Waals surface area contributed by atoms with Gasteiger partial charge in [-0.1, -0.05) is 45.7 Å². The Bertz CT molecular complexity index is 879. The summed E-state index contributed by atoms with van der Waals surface area (Å²) in [6.07, 6.45) is 4.85. The highest BCUT2D eigenvalue weighted by Crippen LogP contribution is 2.20. The van der Waals surface area contributed by atoms with E-state index in [4.69, 9.17) is 16.0 Å². The van der Waals surface area contributed by atoms with Crippen LogP contribution in [-0.2, 0) is 12.8 Å². The summed E-state index contributed by atoms with van der Waals surface area (Å²) in [6, 6.07) is 12.3. The molecule has 0 amide bonds. The zero-order chi connectivity index (χ0) is 16.9. The molecule has 1 aromatic heterocycles. The molecule has 0 spiro atoms. The minimum Gasteiger partial charge on any atom is -0.421 e. The van der Waals surface area contributed by atoms with Gasteiger partial charge in [0, 0.05) is 17.0 Å². The van der Waals surface area contributed by atoms with Gasteiger partial charge in [0.25, 0.3) is 0 Å². The van der Waals surface area contributed by atoms with Gasteiger partial charge in [0.1, 0.15) is 5.82 Å². The molecule has 6 heteroatoms. The molecule has 0 saturated carbocycles. The Labute approximate surface area is 152 Å². The normalized spacial score (nSPS) is 11.3. The Kier molecular flexibility index (Phi) is 5.43. The third-order valence-corrected chi connectivity index (χ3v) is 4.19. The SMILES string of the molecule is Fc1ccc(C=Cc2nnc(CCc3cccc(Br)c3)o2)c(Cl)c1. The first kappa shape index (κ1) is 16.9. The van der Waals surface area contributed by atoms with E-state index in [-0.39, 0.29) is 5.82 Å². The molecule has 3 nitrogen and oxygen atoms in total. The number of aryl methyl sites for hydroxylation is 2. The zero-order valence-electron chi connectivity index (χ0n) is 12.5. The molecule has 0 radical (unpaired) electrons. The lowest BCUT2D eigenvalue weighted by atomic mass is 10.1. The molecule has 0 unspecified atom stereocenters. The molecule has 0 bridgehead atoms. The number of hydrogen-bond acceptors (Lipinski definition) is 3. The van der Waals surface area contributed by atoms with E-state index >= 15 is 0 Å². The number of halogens is 3. The van der Waals surface area contributed by atoms with Crippen molar-refractivity contribution in [2.45, 2.75) is 12.8 Å². The first-order valence-corrected chi connectivity index (χ1v) is 8.47. The summed E-state index contributed by atoms with van der Waals surface area (Å²) < 4.78 is 19.6. The van der Waals surface area contributed by atoms with Crippen molar-refractivity contribution in [2.75, 3.05) is 0 Å². The summed E-state index contributed by atoms with van der Waals surface area (Å²) in [7, 11) is 0. The zero-order valence-corrected chi connectivity index (χ0v) is 14.9. The fourth-order valence-corrected chi connectivity index (χ4v) is 2.85. The molecule has 0 N–H and O–H groups in total. The van der Waals surface area contributed by atoms with E-state index in [9.17, 15) is 4.39 Å². The fraction of sp³-hybridized carbons (Fsp3) is 0.111. The molecule has 3 rings (SSSR count). The van der Waals surface area contributed by atoms with Crippen LogP contribution in [0.1, 0.15) is 22.9 Å².